The third-order valence-corrected chi connectivity index (χ3v) is 3.79. The molecule has 0 aliphatic carbocycles. The van der Waals surface area contributed by atoms with Crippen LogP contribution in [0, 0.1) is 17.0 Å². The smallest absolute Gasteiger partial charge is 0.269 e. The van der Waals surface area contributed by atoms with Crippen molar-refractivity contribution in [2.75, 3.05) is 7.05 Å². The summed E-state index contributed by atoms with van der Waals surface area (Å²) in [7, 11) is 1.60. The molecule has 132 valence electrons. The number of aromatic nitrogens is 2. The van der Waals surface area contributed by atoms with E-state index in [4.69, 9.17) is 4.52 Å². The summed E-state index contributed by atoms with van der Waals surface area (Å²) in [5.74, 6) is 0.467. The lowest BCUT2D eigenvalue weighted by atomic mass is 10.1. The van der Waals surface area contributed by atoms with Crippen LogP contribution < -0.4 is 0 Å². The Labute approximate surface area is 149 Å². The number of benzene rings is 2. The van der Waals surface area contributed by atoms with E-state index < -0.39 is 4.92 Å². The van der Waals surface area contributed by atoms with Gasteiger partial charge in [-0.2, -0.15) is 4.98 Å². The van der Waals surface area contributed by atoms with Crippen LogP contribution >= 0.6 is 0 Å². The van der Waals surface area contributed by atoms with Gasteiger partial charge in [-0.05, 0) is 25.1 Å². The Balaban J connectivity index is 1.70. The van der Waals surface area contributed by atoms with E-state index in [9.17, 15) is 14.9 Å². The van der Waals surface area contributed by atoms with Crippen molar-refractivity contribution in [2.45, 2.75) is 13.5 Å². The third kappa shape index (κ3) is 3.75. The van der Waals surface area contributed by atoms with Crippen molar-refractivity contribution in [3.8, 4) is 11.4 Å². The summed E-state index contributed by atoms with van der Waals surface area (Å²) in [6, 6.07) is 13.1. The number of nitro groups is 1. The van der Waals surface area contributed by atoms with Crippen LogP contribution in [-0.4, -0.2) is 32.9 Å². The molecule has 1 aromatic heterocycles. The molecule has 0 aliphatic heterocycles. The van der Waals surface area contributed by atoms with E-state index in [2.05, 4.69) is 10.1 Å². The van der Waals surface area contributed by atoms with Gasteiger partial charge in [-0.1, -0.05) is 28.9 Å². The van der Waals surface area contributed by atoms with Gasteiger partial charge in [-0.3, -0.25) is 14.9 Å². The highest BCUT2D eigenvalue weighted by atomic mass is 16.6. The molecule has 8 heteroatoms. The number of nitro benzene ring substituents is 1. The van der Waals surface area contributed by atoms with Crippen molar-refractivity contribution in [1.82, 2.24) is 15.0 Å². The normalized spacial score (nSPS) is 10.5. The van der Waals surface area contributed by atoms with Crippen LogP contribution in [0.4, 0.5) is 5.69 Å². The Kier molecular flexibility index (Phi) is 4.74. The maximum Gasteiger partial charge on any atom is 0.269 e. The first-order valence-electron chi connectivity index (χ1n) is 7.83. The predicted octanol–water partition coefficient (Wildman–Crippen LogP) is 3.23. The van der Waals surface area contributed by atoms with E-state index in [-0.39, 0.29) is 18.1 Å². The van der Waals surface area contributed by atoms with Gasteiger partial charge in [0.1, 0.15) is 0 Å². The topological polar surface area (TPSA) is 102 Å². The standard InChI is InChI=1S/C18H16N4O4/c1-12-4-3-5-14(10-12)17-19-16(26-20-17)11-21(2)18(23)13-6-8-15(9-7-13)22(24)25/h3-10H,11H2,1-2H3. The molecule has 0 bridgehead atoms. The van der Waals surface area contributed by atoms with Gasteiger partial charge in [0, 0.05) is 30.3 Å². The first-order chi connectivity index (χ1) is 12.4. The molecule has 0 fully saturated rings. The van der Waals surface area contributed by atoms with Crippen LogP contribution in [0.5, 0.6) is 0 Å². The monoisotopic (exact) mass is 352 g/mol. The minimum atomic E-state index is -0.511. The zero-order valence-electron chi connectivity index (χ0n) is 14.2. The predicted molar refractivity (Wildman–Crippen MR) is 93.4 cm³/mol. The van der Waals surface area contributed by atoms with Gasteiger partial charge in [0.15, 0.2) is 0 Å². The van der Waals surface area contributed by atoms with E-state index in [0.717, 1.165) is 11.1 Å². The molecule has 3 aromatic rings. The summed E-state index contributed by atoms with van der Waals surface area (Å²) >= 11 is 0. The van der Waals surface area contributed by atoms with Gasteiger partial charge < -0.3 is 9.42 Å². The van der Waals surface area contributed by atoms with E-state index >= 15 is 0 Å². The van der Waals surface area contributed by atoms with Gasteiger partial charge >= 0.3 is 0 Å². The number of nitrogens with zero attached hydrogens (tertiary/aromatic N) is 4. The SMILES string of the molecule is Cc1cccc(-c2noc(CN(C)C(=O)c3ccc([N+](=O)[O-])cc3)n2)c1. The fraction of sp³-hybridized carbons (Fsp3) is 0.167. The molecular formula is C18H16N4O4. The van der Waals surface area contributed by atoms with Crippen LogP contribution in [0.15, 0.2) is 53.1 Å². The zero-order valence-corrected chi connectivity index (χ0v) is 14.2. The largest absolute Gasteiger partial charge is 0.337 e. The van der Waals surface area contributed by atoms with Crippen molar-refractivity contribution in [3.63, 3.8) is 0 Å². The van der Waals surface area contributed by atoms with E-state index in [1.54, 1.807) is 7.05 Å². The van der Waals surface area contributed by atoms with Crippen molar-refractivity contribution >= 4 is 11.6 Å². The molecule has 0 radical (unpaired) electrons. The first-order valence-corrected chi connectivity index (χ1v) is 7.83. The number of hydrogen-bond acceptors (Lipinski definition) is 6. The van der Waals surface area contributed by atoms with Gasteiger partial charge in [0.25, 0.3) is 11.6 Å². The molecular weight excluding hydrogens is 336 g/mol. The summed E-state index contributed by atoms with van der Waals surface area (Å²) < 4.78 is 5.22. The fourth-order valence-electron chi connectivity index (χ4n) is 2.44. The second-order valence-corrected chi connectivity index (χ2v) is 5.85. The highest BCUT2D eigenvalue weighted by molar-refractivity contribution is 5.94. The van der Waals surface area contributed by atoms with Crippen molar-refractivity contribution in [3.05, 3.63) is 75.7 Å². The highest BCUT2D eigenvalue weighted by Crippen LogP contribution is 2.18. The molecule has 1 amide bonds. The Morgan fingerprint density at radius 3 is 2.62 bits per heavy atom. The number of carbonyl (C=O) groups is 1. The van der Waals surface area contributed by atoms with Crippen LogP contribution in [0.1, 0.15) is 21.8 Å². The summed E-state index contributed by atoms with van der Waals surface area (Å²) in [5.41, 5.74) is 2.20. The molecule has 8 nitrogen and oxygen atoms in total. The van der Waals surface area contributed by atoms with Crippen LogP contribution in [0.3, 0.4) is 0 Å². The maximum atomic E-state index is 12.4. The molecule has 0 saturated carbocycles. The number of non-ortho nitro benzene ring substituents is 1. The number of carbonyl (C=O) groups excluding carboxylic acids is 1. The number of hydrogen-bond donors (Lipinski definition) is 0. The number of rotatable bonds is 5. The molecule has 0 saturated heterocycles. The molecule has 3 rings (SSSR count). The van der Waals surface area contributed by atoms with Crippen molar-refractivity contribution in [2.24, 2.45) is 0 Å². The minimum Gasteiger partial charge on any atom is -0.337 e. The average Bonchev–Trinajstić information content (AvgIpc) is 3.09. The second kappa shape index (κ2) is 7.14. The van der Waals surface area contributed by atoms with E-state index in [1.165, 1.54) is 29.2 Å². The lowest BCUT2D eigenvalue weighted by Crippen LogP contribution is -2.26. The fourth-order valence-corrected chi connectivity index (χ4v) is 2.44. The van der Waals surface area contributed by atoms with Crippen LogP contribution in [0.2, 0.25) is 0 Å². The van der Waals surface area contributed by atoms with Gasteiger partial charge in [0.2, 0.25) is 11.7 Å². The molecule has 0 unspecified atom stereocenters. The van der Waals surface area contributed by atoms with Crippen LogP contribution in [-0.2, 0) is 6.54 Å². The summed E-state index contributed by atoms with van der Waals surface area (Å²) in [5, 5.41) is 14.6. The minimum absolute atomic E-state index is 0.0658. The van der Waals surface area contributed by atoms with Crippen molar-refractivity contribution < 1.29 is 14.2 Å². The van der Waals surface area contributed by atoms with Gasteiger partial charge in [-0.25, -0.2) is 0 Å². The molecule has 0 atom stereocenters. The lowest BCUT2D eigenvalue weighted by Gasteiger charge is -2.14. The van der Waals surface area contributed by atoms with Gasteiger partial charge in [0.05, 0.1) is 11.5 Å². The molecule has 1 heterocycles. The van der Waals surface area contributed by atoms with E-state index in [0.29, 0.717) is 17.3 Å². The first kappa shape index (κ1) is 17.3. The quantitative estimate of drug-likeness (QED) is 0.516. The Morgan fingerprint density at radius 1 is 1.23 bits per heavy atom. The van der Waals surface area contributed by atoms with Gasteiger partial charge in [-0.15, -0.1) is 0 Å². The van der Waals surface area contributed by atoms with Crippen molar-refractivity contribution in [1.29, 1.82) is 0 Å². The molecule has 0 aliphatic rings. The molecule has 26 heavy (non-hydrogen) atoms. The van der Waals surface area contributed by atoms with Crippen LogP contribution in [0.25, 0.3) is 11.4 Å². The molecule has 2 aromatic carbocycles. The lowest BCUT2D eigenvalue weighted by molar-refractivity contribution is -0.384. The van der Waals surface area contributed by atoms with E-state index in [1.807, 2.05) is 31.2 Å². The average molecular weight is 352 g/mol. The third-order valence-electron chi connectivity index (χ3n) is 3.79. The zero-order chi connectivity index (χ0) is 18.7. The second-order valence-electron chi connectivity index (χ2n) is 5.85. The summed E-state index contributed by atoms with van der Waals surface area (Å²) in [4.78, 5) is 28.3. The number of aryl methyl sites for hydroxylation is 1. The Bertz CT molecular complexity index is 950. The number of amides is 1. The Hall–Kier alpha value is -3.55. The summed E-state index contributed by atoms with van der Waals surface area (Å²) in [6.07, 6.45) is 0. The summed E-state index contributed by atoms with van der Waals surface area (Å²) in [6.45, 7) is 2.11. The maximum absolute atomic E-state index is 12.4. The highest BCUT2D eigenvalue weighted by Gasteiger charge is 2.17. The molecule has 0 spiro atoms. The Morgan fingerprint density at radius 2 is 1.96 bits per heavy atom. The molecule has 0 N–H and O–H groups in total.